The van der Waals surface area contributed by atoms with Crippen LogP contribution in [0.3, 0.4) is 0 Å². The molecule has 0 aromatic rings. The Balaban J connectivity index is 1.69. The highest BCUT2D eigenvalue weighted by Crippen LogP contribution is 2.49. The molecule has 2 aliphatic rings. The first-order chi connectivity index (χ1) is 8.34. The van der Waals surface area contributed by atoms with Gasteiger partial charge in [-0.1, -0.05) is 5.92 Å². The van der Waals surface area contributed by atoms with E-state index in [4.69, 9.17) is 15.9 Å². The molecule has 2 rings (SSSR count). The van der Waals surface area contributed by atoms with Gasteiger partial charge in [-0.2, -0.15) is 0 Å². The number of ether oxygens (including phenoxy) is 2. The Morgan fingerprint density at radius 3 is 2.56 bits per heavy atom. The van der Waals surface area contributed by atoms with Crippen molar-refractivity contribution in [3.05, 3.63) is 0 Å². The Morgan fingerprint density at radius 1 is 1.44 bits per heavy atom. The zero-order valence-corrected chi connectivity index (χ0v) is 11.4. The first kappa shape index (κ1) is 13.2. The number of terminal acetylenes is 1. The third-order valence-electron chi connectivity index (χ3n) is 3.43. The van der Waals surface area contributed by atoms with Crippen molar-refractivity contribution in [1.82, 2.24) is 4.90 Å². The molecule has 0 atom stereocenters. The fraction of sp³-hybridized carbons (Fsp3) is 0.786. The summed E-state index contributed by atoms with van der Waals surface area (Å²) in [6, 6.07) is 0. The average molecular weight is 251 g/mol. The van der Waals surface area contributed by atoms with E-state index < -0.39 is 5.60 Å². The van der Waals surface area contributed by atoms with E-state index in [1.54, 1.807) is 4.90 Å². The number of amides is 1. The van der Waals surface area contributed by atoms with Gasteiger partial charge in [0.25, 0.3) is 0 Å². The van der Waals surface area contributed by atoms with Crippen LogP contribution < -0.4 is 0 Å². The number of hydrogen-bond acceptors (Lipinski definition) is 3. The van der Waals surface area contributed by atoms with Crippen molar-refractivity contribution in [2.45, 2.75) is 45.3 Å². The molecule has 4 heteroatoms. The Kier molecular flexibility index (Phi) is 3.29. The molecule has 1 saturated carbocycles. The smallest absolute Gasteiger partial charge is 0.410 e. The van der Waals surface area contributed by atoms with Crippen LogP contribution in [0.1, 0.15) is 33.6 Å². The van der Waals surface area contributed by atoms with E-state index in [0.717, 1.165) is 25.9 Å². The van der Waals surface area contributed by atoms with E-state index in [0.29, 0.717) is 6.61 Å². The lowest BCUT2D eigenvalue weighted by Crippen LogP contribution is -2.65. The second-order valence-corrected chi connectivity index (χ2v) is 6.38. The van der Waals surface area contributed by atoms with Crippen molar-refractivity contribution >= 4 is 6.09 Å². The van der Waals surface area contributed by atoms with Crippen molar-refractivity contribution in [3.63, 3.8) is 0 Å². The van der Waals surface area contributed by atoms with Gasteiger partial charge >= 0.3 is 6.09 Å². The Morgan fingerprint density at radius 2 is 2.06 bits per heavy atom. The van der Waals surface area contributed by atoms with Crippen LogP contribution in [-0.2, 0) is 9.47 Å². The third-order valence-corrected chi connectivity index (χ3v) is 3.43. The molecule has 1 amide bonds. The van der Waals surface area contributed by atoms with Gasteiger partial charge in [-0.25, -0.2) is 4.79 Å². The van der Waals surface area contributed by atoms with E-state index in [9.17, 15) is 4.79 Å². The molecular weight excluding hydrogens is 230 g/mol. The molecule has 0 aromatic carbocycles. The van der Waals surface area contributed by atoms with Crippen LogP contribution in [0.2, 0.25) is 0 Å². The van der Waals surface area contributed by atoms with Crippen LogP contribution in [-0.4, -0.2) is 42.4 Å². The Bertz CT molecular complexity index is 363. The maximum atomic E-state index is 11.8. The number of hydrogen-bond donors (Lipinski definition) is 0. The average Bonchev–Trinajstić information content (AvgIpc) is 2.09. The second-order valence-electron chi connectivity index (χ2n) is 6.38. The van der Waals surface area contributed by atoms with Gasteiger partial charge in [0.2, 0.25) is 0 Å². The maximum Gasteiger partial charge on any atom is 0.410 e. The normalized spacial score (nSPS) is 22.0. The molecule has 1 aliphatic heterocycles. The van der Waals surface area contributed by atoms with E-state index in [1.165, 1.54) is 0 Å². The van der Waals surface area contributed by atoms with E-state index in [-0.39, 0.29) is 17.6 Å². The molecule has 0 aromatic heterocycles. The third kappa shape index (κ3) is 2.78. The molecule has 1 saturated heterocycles. The fourth-order valence-electron chi connectivity index (χ4n) is 2.67. The highest BCUT2D eigenvalue weighted by molar-refractivity contribution is 5.69. The number of nitrogens with zero attached hydrogens (tertiary/aromatic N) is 1. The maximum absolute atomic E-state index is 11.8. The summed E-state index contributed by atoms with van der Waals surface area (Å²) >= 11 is 0. The van der Waals surface area contributed by atoms with Crippen molar-refractivity contribution in [1.29, 1.82) is 0 Å². The van der Waals surface area contributed by atoms with E-state index >= 15 is 0 Å². The first-order valence-electron chi connectivity index (χ1n) is 6.37. The summed E-state index contributed by atoms with van der Waals surface area (Å²) in [7, 11) is 0. The molecule has 1 heterocycles. The minimum atomic E-state index is -0.419. The van der Waals surface area contributed by atoms with Crippen molar-refractivity contribution in [2.24, 2.45) is 5.41 Å². The van der Waals surface area contributed by atoms with Crippen LogP contribution >= 0.6 is 0 Å². The van der Waals surface area contributed by atoms with Gasteiger partial charge < -0.3 is 14.4 Å². The quantitative estimate of drug-likeness (QED) is 0.705. The molecule has 0 unspecified atom stereocenters. The molecule has 4 nitrogen and oxygen atoms in total. The predicted octanol–water partition coefficient (Wildman–Crippen LogP) is 2.04. The lowest BCUT2D eigenvalue weighted by molar-refractivity contribution is -0.141. The molecule has 1 aliphatic carbocycles. The molecular formula is C14H21NO3. The lowest BCUT2D eigenvalue weighted by atomic mass is 9.62. The number of likely N-dealkylation sites (tertiary alicyclic amines) is 1. The van der Waals surface area contributed by atoms with Gasteiger partial charge in [0.15, 0.2) is 0 Å². The molecule has 0 N–H and O–H groups in total. The topological polar surface area (TPSA) is 38.8 Å². The van der Waals surface area contributed by atoms with Gasteiger partial charge in [-0.3, -0.25) is 0 Å². The lowest BCUT2D eigenvalue weighted by Gasteiger charge is -2.58. The van der Waals surface area contributed by atoms with Crippen LogP contribution in [0.5, 0.6) is 0 Å². The Labute approximate surface area is 109 Å². The summed E-state index contributed by atoms with van der Waals surface area (Å²) in [4.78, 5) is 13.5. The molecule has 0 bridgehead atoms. The summed E-state index contributed by atoms with van der Waals surface area (Å²) in [6.07, 6.45) is 7.23. The van der Waals surface area contributed by atoms with Gasteiger partial charge in [0, 0.05) is 18.5 Å². The van der Waals surface area contributed by atoms with Gasteiger partial charge in [-0.15, -0.1) is 6.42 Å². The monoisotopic (exact) mass is 251 g/mol. The molecule has 1 spiro atoms. The van der Waals surface area contributed by atoms with E-state index in [1.807, 2.05) is 20.8 Å². The molecule has 18 heavy (non-hydrogen) atoms. The van der Waals surface area contributed by atoms with Gasteiger partial charge in [-0.05, 0) is 33.6 Å². The second kappa shape index (κ2) is 4.47. The summed E-state index contributed by atoms with van der Waals surface area (Å²) in [5.74, 6) is 2.48. The van der Waals surface area contributed by atoms with Gasteiger partial charge in [0.1, 0.15) is 12.2 Å². The minimum Gasteiger partial charge on any atom is -0.444 e. The van der Waals surface area contributed by atoms with Crippen LogP contribution in [0.15, 0.2) is 0 Å². The number of rotatable bonds is 2. The van der Waals surface area contributed by atoms with Gasteiger partial charge in [0.05, 0.1) is 6.10 Å². The standard InChI is InChI=1S/C14H21NO3/c1-5-6-17-11-7-14(8-11)9-15(10-14)12(16)18-13(2,3)4/h1,11H,6-10H2,2-4H3. The first-order valence-corrected chi connectivity index (χ1v) is 6.37. The molecule has 100 valence electrons. The SMILES string of the molecule is C#CCOC1CC2(C1)CN(C(=O)OC(C)(C)C)C2. The summed E-state index contributed by atoms with van der Waals surface area (Å²) in [6.45, 7) is 7.61. The summed E-state index contributed by atoms with van der Waals surface area (Å²) in [5, 5.41) is 0. The van der Waals surface area contributed by atoms with Crippen LogP contribution in [0.25, 0.3) is 0 Å². The summed E-state index contributed by atoms with van der Waals surface area (Å²) in [5.41, 5.74) is -0.145. The van der Waals surface area contributed by atoms with Crippen LogP contribution in [0.4, 0.5) is 4.79 Å². The largest absolute Gasteiger partial charge is 0.444 e. The number of carbonyl (C=O) groups excluding carboxylic acids is 1. The van der Waals surface area contributed by atoms with Crippen molar-refractivity contribution in [2.75, 3.05) is 19.7 Å². The predicted molar refractivity (Wildman–Crippen MR) is 68.0 cm³/mol. The zero-order valence-electron chi connectivity index (χ0n) is 11.4. The highest BCUT2D eigenvalue weighted by Gasteiger charge is 2.54. The molecule has 2 fully saturated rings. The van der Waals surface area contributed by atoms with E-state index in [2.05, 4.69) is 5.92 Å². The number of carbonyl (C=O) groups is 1. The van der Waals surface area contributed by atoms with Crippen molar-refractivity contribution < 1.29 is 14.3 Å². The fourth-order valence-corrected chi connectivity index (χ4v) is 2.67. The summed E-state index contributed by atoms with van der Waals surface area (Å²) < 4.78 is 10.8. The van der Waals surface area contributed by atoms with Crippen LogP contribution in [0, 0.1) is 17.8 Å². The zero-order chi connectivity index (χ0) is 13.4. The highest BCUT2D eigenvalue weighted by atomic mass is 16.6. The van der Waals surface area contributed by atoms with Crippen molar-refractivity contribution in [3.8, 4) is 12.3 Å². The minimum absolute atomic E-state index is 0.207. The molecule has 0 radical (unpaired) electrons. The Hall–Kier alpha value is -1.21.